The normalized spacial score (nSPS) is 13.9. The zero-order valence-electron chi connectivity index (χ0n) is 14.9. The van der Waals surface area contributed by atoms with Gasteiger partial charge in [0.15, 0.2) is 0 Å². The Kier molecular flexibility index (Phi) is 5.68. The summed E-state index contributed by atoms with van der Waals surface area (Å²) in [5.74, 6) is 0.0425. The van der Waals surface area contributed by atoms with Crippen LogP contribution in [0.1, 0.15) is 23.3 Å². The summed E-state index contributed by atoms with van der Waals surface area (Å²) in [6.45, 7) is 0.626. The molecule has 0 atom stereocenters. The van der Waals surface area contributed by atoms with E-state index in [-0.39, 0.29) is 10.6 Å². The predicted octanol–water partition coefficient (Wildman–Crippen LogP) is 4.25. The van der Waals surface area contributed by atoms with E-state index in [0.717, 1.165) is 11.3 Å². The first kappa shape index (κ1) is 20.0. The zero-order chi connectivity index (χ0) is 20.4. The van der Waals surface area contributed by atoms with Gasteiger partial charge in [0.05, 0.1) is 14.1 Å². The highest BCUT2D eigenvalue weighted by molar-refractivity contribution is 7.90. The van der Waals surface area contributed by atoms with Crippen LogP contribution in [0.3, 0.4) is 0 Å². The number of amides is 1. The second-order valence-electron chi connectivity index (χ2n) is 6.16. The van der Waals surface area contributed by atoms with Crippen LogP contribution in [0.15, 0.2) is 51.7 Å². The number of aromatic nitrogens is 1. The topological polar surface area (TPSA) is 101 Å². The summed E-state index contributed by atoms with van der Waals surface area (Å²) in [7, 11) is -3.75. The van der Waals surface area contributed by atoms with E-state index in [1.807, 2.05) is 6.07 Å². The first-order valence-corrected chi connectivity index (χ1v) is 12.2. The van der Waals surface area contributed by atoms with Crippen molar-refractivity contribution in [3.8, 4) is 9.88 Å². The summed E-state index contributed by atoms with van der Waals surface area (Å²) in [4.78, 5) is 21.9. The Morgan fingerprint density at radius 2 is 2.07 bits per heavy atom. The Labute approximate surface area is 180 Å². The molecule has 4 rings (SSSR count). The molecule has 1 aliphatic rings. The summed E-state index contributed by atoms with van der Waals surface area (Å²) < 4.78 is 28.2. The maximum atomic E-state index is 12.5. The van der Waals surface area contributed by atoms with E-state index in [0.29, 0.717) is 33.8 Å². The third kappa shape index (κ3) is 4.67. The van der Waals surface area contributed by atoms with Gasteiger partial charge in [-0.05, 0) is 36.8 Å². The van der Waals surface area contributed by atoms with Crippen molar-refractivity contribution in [2.45, 2.75) is 17.7 Å². The maximum Gasteiger partial charge on any atom is 0.275 e. The lowest BCUT2D eigenvalue weighted by atomic mass is 10.3. The standard InChI is InChI=1S/C18H15ClN4O3S3/c19-15-7-6-14(28-15)18-22-13(10-27-18)17(24)21-11-3-1-4-12(9-11)29(25,26)23-16-5-2-8-20-16/h1,3-4,6-7,9-10H,2,5,8H2,(H,20,23)(H,21,24). The van der Waals surface area contributed by atoms with Gasteiger partial charge in [0, 0.05) is 24.0 Å². The first-order valence-electron chi connectivity index (χ1n) is 8.59. The van der Waals surface area contributed by atoms with E-state index in [4.69, 9.17) is 11.6 Å². The van der Waals surface area contributed by atoms with Crippen molar-refractivity contribution in [1.29, 1.82) is 0 Å². The Morgan fingerprint density at radius 3 is 2.79 bits per heavy atom. The molecule has 3 heterocycles. The molecule has 1 amide bonds. The molecule has 0 aliphatic carbocycles. The number of hydrogen-bond donors (Lipinski definition) is 2. The van der Waals surface area contributed by atoms with Gasteiger partial charge in [-0.25, -0.2) is 13.4 Å². The number of benzene rings is 1. The van der Waals surface area contributed by atoms with Crippen LogP contribution >= 0.6 is 34.3 Å². The lowest BCUT2D eigenvalue weighted by Crippen LogP contribution is -2.29. The summed E-state index contributed by atoms with van der Waals surface area (Å²) in [5, 5.41) is 5.04. The second-order valence-corrected chi connectivity index (χ2v) is 10.4. The molecular formula is C18H15ClN4O3S3. The number of carbonyl (C=O) groups excluding carboxylic acids is 1. The SMILES string of the molecule is O=C(Nc1cccc(S(=O)(=O)NC2=NCCC2)c1)c1csc(-c2ccc(Cl)s2)n1. The largest absolute Gasteiger partial charge is 0.321 e. The third-order valence-electron chi connectivity index (χ3n) is 4.05. The minimum absolute atomic E-state index is 0.0529. The van der Waals surface area contributed by atoms with Gasteiger partial charge in [-0.1, -0.05) is 17.7 Å². The predicted molar refractivity (Wildman–Crippen MR) is 117 cm³/mol. The number of thiazole rings is 1. The number of anilines is 1. The molecular weight excluding hydrogens is 452 g/mol. The molecule has 0 spiro atoms. The van der Waals surface area contributed by atoms with Gasteiger partial charge in [0.2, 0.25) is 0 Å². The molecule has 2 N–H and O–H groups in total. The third-order valence-corrected chi connectivity index (χ3v) is 7.67. The van der Waals surface area contributed by atoms with Gasteiger partial charge in [0.25, 0.3) is 15.9 Å². The minimum Gasteiger partial charge on any atom is -0.321 e. The molecule has 29 heavy (non-hydrogen) atoms. The fourth-order valence-corrected chi connectivity index (χ4v) is 5.74. The highest BCUT2D eigenvalue weighted by atomic mass is 35.5. The molecule has 0 saturated carbocycles. The second kappa shape index (κ2) is 8.23. The van der Waals surface area contributed by atoms with Crippen molar-refractivity contribution in [3.63, 3.8) is 0 Å². The van der Waals surface area contributed by atoms with Crippen LogP contribution in [0.4, 0.5) is 5.69 Å². The van der Waals surface area contributed by atoms with Gasteiger partial charge in [-0.15, -0.1) is 22.7 Å². The monoisotopic (exact) mass is 466 g/mol. The molecule has 150 valence electrons. The van der Waals surface area contributed by atoms with E-state index in [1.54, 1.807) is 23.6 Å². The van der Waals surface area contributed by atoms with Gasteiger partial charge in [-0.2, -0.15) is 0 Å². The van der Waals surface area contributed by atoms with Gasteiger partial charge >= 0.3 is 0 Å². The number of halogens is 1. The van der Waals surface area contributed by atoms with Crippen molar-refractivity contribution < 1.29 is 13.2 Å². The molecule has 0 radical (unpaired) electrons. The van der Waals surface area contributed by atoms with E-state index >= 15 is 0 Å². The Hall–Kier alpha value is -2.27. The molecule has 0 unspecified atom stereocenters. The van der Waals surface area contributed by atoms with Gasteiger partial charge in [-0.3, -0.25) is 14.5 Å². The fraction of sp³-hybridized carbons (Fsp3) is 0.167. The average Bonchev–Trinajstić information content (AvgIpc) is 3.43. The van der Waals surface area contributed by atoms with E-state index in [2.05, 4.69) is 20.0 Å². The average molecular weight is 467 g/mol. The molecule has 7 nitrogen and oxygen atoms in total. The zero-order valence-corrected chi connectivity index (χ0v) is 18.1. The fourth-order valence-electron chi connectivity index (χ4n) is 2.69. The lowest BCUT2D eigenvalue weighted by Gasteiger charge is -2.09. The van der Waals surface area contributed by atoms with Crippen LogP contribution in [0.2, 0.25) is 4.34 Å². The van der Waals surface area contributed by atoms with E-state index in [9.17, 15) is 13.2 Å². The number of carbonyl (C=O) groups is 1. The Balaban J connectivity index is 1.49. The number of sulfonamides is 1. The molecule has 1 aliphatic heterocycles. The lowest BCUT2D eigenvalue weighted by molar-refractivity contribution is 0.102. The van der Waals surface area contributed by atoms with Crippen LogP contribution in [-0.2, 0) is 10.0 Å². The molecule has 0 fully saturated rings. The molecule has 0 bridgehead atoms. The number of amidine groups is 1. The Bertz CT molecular complexity index is 1200. The maximum absolute atomic E-state index is 12.5. The molecule has 2 aromatic heterocycles. The summed E-state index contributed by atoms with van der Waals surface area (Å²) in [6.07, 6.45) is 1.44. The highest BCUT2D eigenvalue weighted by Gasteiger charge is 2.19. The smallest absolute Gasteiger partial charge is 0.275 e. The van der Waals surface area contributed by atoms with Crippen molar-refractivity contribution in [2.75, 3.05) is 11.9 Å². The first-order chi connectivity index (χ1) is 13.9. The molecule has 1 aromatic carbocycles. The molecule has 3 aromatic rings. The Morgan fingerprint density at radius 1 is 1.21 bits per heavy atom. The number of nitrogens with zero attached hydrogens (tertiary/aromatic N) is 2. The van der Waals surface area contributed by atoms with Crippen LogP contribution in [0.5, 0.6) is 0 Å². The van der Waals surface area contributed by atoms with Crippen LogP contribution < -0.4 is 10.0 Å². The van der Waals surface area contributed by atoms with Gasteiger partial charge in [0.1, 0.15) is 16.5 Å². The number of aliphatic imine (C=N–C) groups is 1. The van der Waals surface area contributed by atoms with Crippen LogP contribution in [0, 0.1) is 0 Å². The summed E-state index contributed by atoms with van der Waals surface area (Å²) in [6, 6.07) is 9.69. The number of rotatable bonds is 5. The minimum atomic E-state index is -3.75. The van der Waals surface area contributed by atoms with Crippen molar-refractivity contribution >= 4 is 61.7 Å². The van der Waals surface area contributed by atoms with Crippen LogP contribution in [0.25, 0.3) is 9.88 Å². The van der Waals surface area contributed by atoms with Crippen LogP contribution in [-0.4, -0.2) is 31.7 Å². The highest BCUT2D eigenvalue weighted by Crippen LogP contribution is 2.33. The van der Waals surface area contributed by atoms with Crippen molar-refractivity contribution in [3.05, 3.63) is 51.8 Å². The molecule has 11 heteroatoms. The number of hydrogen-bond acceptors (Lipinski definition) is 7. The van der Waals surface area contributed by atoms with E-state index < -0.39 is 15.9 Å². The van der Waals surface area contributed by atoms with Gasteiger partial charge < -0.3 is 5.32 Å². The van der Waals surface area contributed by atoms with E-state index in [1.165, 1.54) is 34.8 Å². The molecule has 0 saturated heterocycles. The van der Waals surface area contributed by atoms with Crippen molar-refractivity contribution in [1.82, 2.24) is 9.71 Å². The van der Waals surface area contributed by atoms with Crippen molar-refractivity contribution in [2.24, 2.45) is 4.99 Å². The summed E-state index contributed by atoms with van der Waals surface area (Å²) >= 11 is 8.67. The summed E-state index contributed by atoms with van der Waals surface area (Å²) in [5.41, 5.74) is 0.612. The quantitative estimate of drug-likeness (QED) is 0.587. The number of nitrogens with one attached hydrogen (secondary N) is 2. The number of thiophene rings is 1.